The zero-order chi connectivity index (χ0) is 15.6. The van der Waals surface area contributed by atoms with Crippen LogP contribution in [0.5, 0.6) is 0 Å². The SMILES string of the molecule is Fc1ccc(NC(=S)NC2(c3cccs3)CCCC2)cc1Cl. The van der Waals surface area contributed by atoms with Gasteiger partial charge in [0.25, 0.3) is 0 Å². The average Bonchev–Trinajstić information content (AvgIpc) is 3.14. The van der Waals surface area contributed by atoms with Crippen molar-refractivity contribution in [3.8, 4) is 0 Å². The van der Waals surface area contributed by atoms with Crippen molar-refractivity contribution < 1.29 is 4.39 Å². The van der Waals surface area contributed by atoms with E-state index in [-0.39, 0.29) is 10.6 Å². The maximum Gasteiger partial charge on any atom is 0.171 e. The van der Waals surface area contributed by atoms with E-state index in [1.54, 1.807) is 17.4 Å². The highest BCUT2D eigenvalue weighted by atomic mass is 35.5. The molecule has 2 aromatic rings. The van der Waals surface area contributed by atoms with Crippen LogP contribution in [-0.4, -0.2) is 5.11 Å². The van der Waals surface area contributed by atoms with E-state index in [1.165, 1.54) is 29.9 Å². The number of rotatable bonds is 3. The Hall–Kier alpha value is -1.17. The third-order valence-corrected chi connectivity index (χ3v) is 5.55. The van der Waals surface area contributed by atoms with Crippen LogP contribution in [-0.2, 0) is 5.54 Å². The number of thiophene rings is 1. The molecule has 1 aliphatic carbocycles. The van der Waals surface area contributed by atoms with Crippen LogP contribution in [0.4, 0.5) is 10.1 Å². The molecule has 0 saturated heterocycles. The maximum absolute atomic E-state index is 13.2. The average molecular weight is 355 g/mol. The molecule has 0 amide bonds. The van der Waals surface area contributed by atoms with Crippen LogP contribution in [0.2, 0.25) is 5.02 Å². The summed E-state index contributed by atoms with van der Waals surface area (Å²) in [6.07, 6.45) is 4.52. The molecular formula is C16H16ClFN2S2. The third-order valence-electron chi connectivity index (χ3n) is 3.98. The van der Waals surface area contributed by atoms with Crippen molar-refractivity contribution >= 4 is 46.0 Å². The van der Waals surface area contributed by atoms with Gasteiger partial charge in [-0.05, 0) is 54.7 Å². The van der Waals surface area contributed by atoms with Crippen LogP contribution in [0.15, 0.2) is 35.7 Å². The van der Waals surface area contributed by atoms with Gasteiger partial charge in [0.2, 0.25) is 0 Å². The van der Waals surface area contributed by atoms with Gasteiger partial charge in [0.1, 0.15) is 5.82 Å². The summed E-state index contributed by atoms with van der Waals surface area (Å²) < 4.78 is 13.2. The monoisotopic (exact) mass is 354 g/mol. The van der Waals surface area contributed by atoms with E-state index in [4.69, 9.17) is 23.8 Å². The Labute approximate surface area is 143 Å². The van der Waals surface area contributed by atoms with Crippen LogP contribution in [0.3, 0.4) is 0 Å². The van der Waals surface area contributed by atoms with Gasteiger partial charge < -0.3 is 10.6 Å². The molecule has 116 valence electrons. The van der Waals surface area contributed by atoms with Gasteiger partial charge in [-0.25, -0.2) is 4.39 Å². The lowest BCUT2D eigenvalue weighted by atomic mass is 9.96. The first-order chi connectivity index (χ1) is 10.6. The summed E-state index contributed by atoms with van der Waals surface area (Å²) in [5.41, 5.74) is 0.602. The quantitative estimate of drug-likeness (QED) is 0.732. The molecule has 0 bridgehead atoms. The molecule has 1 aromatic carbocycles. The highest BCUT2D eigenvalue weighted by Gasteiger charge is 2.37. The fourth-order valence-corrected chi connectivity index (χ4v) is 4.35. The van der Waals surface area contributed by atoms with Gasteiger partial charge in [0, 0.05) is 10.6 Å². The number of hydrogen-bond donors (Lipinski definition) is 2. The molecule has 0 unspecified atom stereocenters. The minimum absolute atomic E-state index is 0.0813. The fourth-order valence-electron chi connectivity index (χ4n) is 2.92. The van der Waals surface area contributed by atoms with Crippen molar-refractivity contribution in [2.45, 2.75) is 31.2 Å². The van der Waals surface area contributed by atoms with Gasteiger partial charge >= 0.3 is 0 Å². The van der Waals surface area contributed by atoms with E-state index in [0.717, 1.165) is 12.8 Å². The van der Waals surface area contributed by atoms with E-state index in [9.17, 15) is 4.39 Å². The van der Waals surface area contributed by atoms with Crippen LogP contribution in [0.25, 0.3) is 0 Å². The summed E-state index contributed by atoms with van der Waals surface area (Å²) in [5, 5.41) is 9.28. The molecular weight excluding hydrogens is 339 g/mol. The topological polar surface area (TPSA) is 24.1 Å². The number of nitrogens with one attached hydrogen (secondary N) is 2. The highest BCUT2D eigenvalue weighted by molar-refractivity contribution is 7.80. The summed E-state index contributed by atoms with van der Waals surface area (Å²) in [4.78, 5) is 1.31. The Bertz CT molecular complexity index is 667. The molecule has 2 nitrogen and oxygen atoms in total. The molecule has 1 saturated carbocycles. The third kappa shape index (κ3) is 3.26. The van der Waals surface area contributed by atoms with Gasteiger partial charge in [-0.15, -0.1) is 11.3 Å². The standard InChI is InChI=1S/C16H16ClFN2S2/c17-12-10-11(5-6-13(12)18)19-15(21)20-16(7-1-2-8-16)14-4-3-9-22-14/h3-6,9-10H,1-2,7-8H2,(H2,19,20,21). The molecule has 0 spiro atoms. The first kappa shape index (κ1) is 15.7. The number of hydrogen-bond acceptors (Lipinski definition) is 2. The second kappa shape index (κ2) is 6.52. The van der Waals surface area contributed by atoms with Gasteiger partial charge in [-0.1, -0.05) is 30.5 Å². The molecule has 1 aliphatic rings. The summed E-state index contributed by atoms with van der Waals surface area (Å²) in [7, 11) is 0. The van der Waals surface area contributed by atoms with Gasteiger partial charge in [-0.2, -0.15) is 0 Å². The number of thiocarbonyl (C=S) groups is 1. The van der Waals surface area contributed by atoms with E-state index in [1.807, 2.05) is 0 Å². The normalized spacial score (nSPS) is 16.5. The zero-order valence-corrected chi connectivity index (χ0v) is 14.3. The molecule has 3 rings (SSSR count). The summed E-state index contributed by atoms with van der Waals surface area (Å²) in [6.45, 7) is 0. The second-order valence-electron chi connectivity index (χ2n) is 5.47. The van der Waals surface area contributed by atoms with Crippen LogP contribution >= 0.6 is 35.2 Å². The molecule has 2 N–H and O–H groups in total. The molecule has 1 fully saturated rings. The van der Waals surface area contributed by atoms with E-state index >= 15 is 0 Å². The van der Waals surface area contributed by atoms with Crippen molar-refractivity contribution in [3.63, 3.8) is 0 Å². The van der Waals surface area contributed by atoms with Crippen molar-refractivity contribution in [1.29, 1.82) is 0 Å². The van der Waals surface area contributed by atoms with Crippen LogP contribution in [0.1, 0.15) is 30.6 Å². The number of anilines is 1. The van der Waals surface area contributed by atoms with Gasteiger partial charge in [0.15, 0.2) is 5.11 Å². The van der Waals surface area contributed by atoms with Crippen molar-refractivity contribution in [1.82, 2.24) is 5.32 Å². The van der Waals surface area contributed by atoms with Crippen molar-refractivity contribution in [3.05, 3.63) is 51.4 Å². The minimum atomic E-state index is -0.433. The predicted octanol–water partition coefficient (Wildman–Crippen LogP) is 5.30. The zero-order valence-electron chi connectivity index (χ0n) is 11.9. The van der Waals surface area contributed by atoms with Crippen molar-refractivity contribution in [2.75, 3.05) is 5.32 Å². The maximum atomic E-state index is 13.2. The Morgan fingerprint density at radius 2 is 2.05 bits per heavy atom. The number of benzene rings is 1. The molecule has 22 heavy (non-hydrogen) atoms. The summed E-state index contributed by atoms with van der Waals surface area (Å²) in [5.74, 6) is -0.433. The van der Waals surface area contributed by atoms with Gasteiger partial charge in [0.05, 0.1) is 10.6 Å². The second-order valence-corrected chi connectivity index (χ2v) is 7.24. The molecule has 0 atom stereocenters. The lowest BCUT2D eigenvalue weighted by molar-refractivity contribution is 0.417. The number of halogens is 2. The first-order valence-electron chi connectivity index (χ1n) is 7.17. The van der Waals surface area contributed by atoms with Crippen LogP contribution in [0, 0.1) is 5.82 Å². The minimum Gasteiger partial charge on any atom is -0.352 e. The Morgan fingerprint density at radius 1 is 1.27 bits per heavy atom. The van der Waals surface area contributed by atoms with Crippen molar-refractivity contribution in [2.24, 2.45) is 0 Å². The lowest BCUT2D eigenvalue weighted by Gasteiger charge is -2.31. The summed E-state index contributed by atoms with van der Waals surface area (Å²) >= 11 is 13.0. The largest absolute Gasteiger partial charge is 0.352 e. The van der Waals surface area contributed by atoms with E-state index < -0.39 is 5.82 Å². The molecule has 0 radical (unpaired) electrons. The van der Waals surface area contributed by atoms with E-state index in [0.29, 0.717) is 10.8 Å². The molecule has 0 aliphatic heterocycles. The smallest absolute Gasteiger partial charge is 0.171 e. The Balaban J connectivity index is 1.73. The molecule has 6 heteroatoms. The molecule has 1 heterocycles. The Morgan fingerprint density at radius 3 is 2.68 bits per heavy atom. The summed E-state index contributed by atoms with van der Waals surface area (Å²) in [6, 6.07) is 8.72. The first-order valence-corrected chi connectivity index (χ1v) is 8.84. The Kier molecular flexibility index (Phi) is 4.66. The van der Waals surface area contributed by atoms with Crippen LogP contribution < -0.4 is 10.6 Å². The fraction of sp³-hybridized carbons (Fsp3) is 0.312. The highest BCUT2D eigenvalue weighted by Crippen LogP contribution is 2.40. The van der Waals surface area contributed by atoms with Gasteiger partial charge in [-0.3, -0.25) is 0 Å². The predicted molar refractivity (Wildman–Crippen MR) is 95.2 cm³/mol. The van der Waals surface area contributed by atoms with E-state index in [2.05, 4.69) is 28.1 Å². The lowest BCUT2D eigenvalue weighted by Crippen LogP contribution is -2.45. The molecule has 1 aromatic heterocycles.